The van der Waals surface area contributed by atoms with E-state index in [0.717, 1.165) is 50.3 Å². The van der Waals surface area contributed by atoms with Crippen LogP contribution in [-0.4, -0.2) is 62.8 Å². The first-order chi connectivity index (χ1) is 14.5. The number of nitrogens with zero attached hydrogens (tertiary/aromatic N) is 5. The lowest BCUT2D eigenvalue weighted by Gasteiger charge is -2.33. The van der Waals surface area contributed by atoms with Crippen LogP contribution in [0, 0.1) is 12.8 Å². The normalized spacial score (nSPS) is 16.5. The summed E-state index contributed by atoms with van der Waals surface area (Å²) in [5, 5.41) is 0. The van der Waals surface area contributed by atoms with Crippen molar-refractivity contribution < 1.29 is 9.59 Å². The monoisotopic (exact) mass is 411 g/mol. The average Bonchev–Trinajstić information content (AvgIpc) is 3.19. The molecule has 0 aliphatic carbocycles. The van der Waals surface area contributed by atoms with E-state index in [0.29, 0.717) is 31.8 Å². The number of hydrogen-bond donors (Lipinski definition) is 0. The van der Waals surface area contributed by atoms with E-state index in [-0.39, 0.29) is 11.8 Å². The van der Waals surface area contributed by atoms with E-state index >= 15 is 0 Å². The Morgan fingerprint density at radius 3 is 2.80 bits per heavy atom. The van der Waals surface area contributed by atoms with Crippen LogP contribution in [-0.2, 0) is 22.6 Å². The molecule has 3 heterocycles. The molecule has 2 aromatic rings. The Hall–Kier alpha value is -2.70. The summed E-state index contributed by atoms with van der Waals surface area (Å²) in [6.07, 6.45) is 10.2. The zero-order valence-electron chi connectivity index (χ0n) is 18.2. The van der Waals surface area contributed by atoms with E-state index in [2.05, 4.69) is 9.97 Å². The average molecular weight is 412 g/mol. The van der Waals surface area contributed by atoms with Crippen molar-refractivity contribution in [2.45, 2.75) is 52.0 Å². The zero-order valence-corrected chi connectivity index (χ0v) is 18.2. The highest BCUT2D eigenvalue weighted by atomic mass is 16.2. The van der Waals surface area contributed by atoms with Crippen LogP contribution in [0.3, 0.4) is 0 Å². The van der Waals surface area contributed by atoms with Gasteiger partial charge in [0, 0.05) is 76.8 Å². The van der Waals surface area contributed by atoms with Crippen molar-refractivity contribution in [3.63, 3.8) is 0 Å². The fraction of sp³-hybridized carbons (Fsp3) is 0.565. The first-order valence-corrected chi connectivity index (χ1v) is 10.9. The first-order valence-electron chi connectivity index (χ1n) is 10.9. The van der Waals surface area contributed by atoms with Crippen LogP contribution in [0.25, 0.3) is 0 Å². The highest BCUT2D eigenvalue weighted by Gasteiger charge is 2.24. The van der Waals surface area contributed by atoms with Crippen LogP contribution < -0.4 is 0 Å². The minimum Gasteiger partial charge on any atom is -0.345 e. The summed E-state index contributed by atoms with van der Waals surface area (Å²) < 4.78 is 2.01. The molecule has 0 bridgehead atoms. The van der Waals surface area contributed by atoms with Crippen LogP contribution in [0.15, 0.2) is 36.8 Å². The second-order valence-corrected chi connectivity index (χ2v) is 8.19. The molecular formula is C23H33N5O2. The molecule has 162 valence electrons. The summed E-state index contributed by atoms with van der Waals surface area (Å²) in [5.74, 6) is 1.72. The quantitative estimate of drug-likeness (QED) is 0.636. The number of likely N-dealkylation sites (N-methyl/N-ethyl adjacent to an activating group) is 1. The lowest BCUT2D eigenvalue weighted by molar-refractivity contribution is -0.133. The molecule has 0 saturated carbocycles. The van der Waals surface area contributed by atoms with Gasteiger partial charge in [0.2, 0.25) is 11.8 Å². The van der Waals surface area contributed by atoms with Crippen LogP contribution in [0.1, 0.15) is 43.6 Å². The van der Waals surface area contributed by atoms with Gasteiger partial charge in [0.1, 0.15) is 5.82 Å². The minimum absolute atomic E-state index is 0.171. The van der Waals surface area contributed by atoms with E-state index in [1.165, 1.54) is 0 Å². The Morgan fingerprint density at radius 2 is 2.07 bits per heavy atom. The van der Waals surface area contributed by atoms with Gasteiger partial charge in [0.15, 0.2) is 0 Å². The molecule has 2 amide bonds. The van der Waals surface area contributed by atoms with Gasteiger partial charge in [0.25, 0.3) is 0 Å². The molecular weight excluding hydrogens is 378 g/mol. The molecule has 0 N–H and O–H groups in total. The van der Waals surface area contributed by atoms with Crippen molar-refractivity contribution in [1.82, 2.24) is 24.3 Å². The van der Waals surface area contributed by atoms with E-state index in [1.54, 1.807) is 17.3 Å². The summed E-state index contributed by atoms with van der Waals surface area (Å²) in [6.45, 7) is 4.90. The predicted molar refractivity (Wildman–Crippen MR) is 116 cm³/mol. The van der Waals surface area contributed by atoms with Crippen molar-refractivity contribution >= 4 is 11.8 Å². The minimum atomic E-state index is 0.171. The lowest BCUT2D eigenvalue weighted by Crippen LogP contribution is -2.40. The fourth-order valence-corrected chi connectivity index (χ4v) is 4.01. The largest absolute Gasteiger partial charge is 0.345 e. The smallest absolute Gasteiger partial charge is 0.224 e. The van der Waals surface area contributed by atoms with Crippen LogP contribution in [0.5, 0.6) is 0 Å². The van der Waals surface area contributed by atoms with Crippen LogP contribution >= 0.6 is 0 Å². The molecule has 1 fully saturated rings. The molecule has 3 rings (SSSR count). The highest BCUT2D eigenvalue weighted by Crippen LogP contribution is 2.22. The number of piperidine rings is 1. The summed E-state index contributed by atoms with van der Waals surface area (Å²) in [5.41, 5.74) is 1.00. The number of pyridine rings is 1. The van der Waals surface area contributed by atoms with Crippen molar-refractivity contribution in [1.29, 1.82) is 0 Å². The number of carbonyl (C=O) groups excluding carboxylic acids is 2. The van der Waals surface area contributed by atoms with Crippen LogP contribution in [0.2, 0.25) is 0 Å². The molecule has 7 nitrogen and oxygen atoms in total. The van der Waals surface area contributed by atoms with Gasteiger partial charge in [-0.1, -0.05) is 6.07 Å². The topological polar surface area (TPSA) is 71.3 Å². The van der Waals surface area contributed by atoms with Crippen molar-refractivity contribution in [3.05, 3.63) is 48.3 Å². The molecule has 0 radical (unpaired) electrons. The van der Waals surface area contributed by atoms with Crippen molar-refractivity contribution in [2.75, 3.05) is 26.7 Å². The molecule has 2 aromatic heterocycles. The maximum Gasteiger partial charge on any atom is 0.224 e. The van der Waals surface area contributed by atoms with Gasteiger partial charge in [-0.15, -0.1) is 0 Å². The second kappa shape index (κ2) is 10.9. The Morgan fingerprint density at radius 1 is 1.20 bits per heavy atom. The third-order valence-electron chi connectivity index (χ3n) is 5.98. The van der Waals surface area contributed by atoms with E-state index in [1.807, 2.05) is 47.8 Å². The van der Waals surface area contributed by atoms with Gasteiger partial charge < -0.3 is 14.4 Å². The van der Waals surface area contributed by atoms with E-state index in [4.69, 9.17) is 0 Å². The Balaban J connectivity index is 1.38. The Kier molecular flexibility index (Phi) is 7.99. The van der Waals surface area contributed by atoms with Crippen molar-refractivity contribution in [3.8, 4) is 0 Å². The van der Waals surface area contributed by atoms with Gasteiger partial charge in [-0.3, -0.25) is 14.6 Å². The number of carbonyl (C=O) groups is 2. The maximum absolute atomic E-state index is 12.6. The van der Waals surface area contributed by atoms with E-state index < -0.39 is 0 Å². The molecule has 0 aromatic carbocycles. The molecule has 0 spiro atoms. The maximum atomic E-state index is 12.6. The molecule has 1 aliphatic heterocycles. The van der Waals surface area contributed by atoms with Crippen LogP contribution in [0.4, 0.5) is 0 Å². The number of rotatable bonds is 9. The van der Waals surface area contributed by atoms with Crippen molar-refractivity contribution in [2.24, 2.45) is 5.92 Å². The number of hydrogen-bond acceptors (Lipinski definition) is 4. The predicted octanol–water partition coefficient (Wildman–Crippen LogP) is 2.70. The molecule has 1 atom stereocenters. The molecule has 30 heavy (non-hydrogen) atoms. The Labute approximate surface area is 179 Å². The van der Waals surface area contributed by atoms with Gasteiger partial charge in [-0.2, -0.15) is 0 Å². The van der Waals surface area contributed by atoms with Gasteiger partial charge in [-0.25, -0.2) is 4.98 Å². The standard InChI is InChI=1S/C23H33N5O2/c1-19-24-13-17-27(19)16-11-23(30)28-14-5-6-20(18-28)8-9-22(29)26(2)15-10-21-7-3-4-12-25-21/h3-4,7,12-13,17,20H,5-6,8-11,14-16,18H2,1-2H3/t20-/m1/s1. The van der Waals surface area contributed by atoms with Gasteiger partial charge >= 0.3 is 0 Å². The number of likely N-dealkylation sites (tertiary alicyclic amines) is 1. The molecule has 1 aliphatic rings. The third-order valence-corrected chi connectivity index (χ3v) is 5.98. The molecule has 7 heteroatoms. The lowest BCUT2D eigenvalue weighted by atomic mass is 9.93. The highest BCUT2D eigenvalue weighted by molar-refractivity contribution is 5.76. The number of amides is 2. The summed E-state index contributed by atoms with van der Waals surface area (Å²) in [4.78, 5) is 37.4. The van der Waals surface area contributed by atoms with Gasteiger partial charge in [0.05, 0.1) is 0 Å². The number of aromatic nitrogens is 3. The molecule has 0 unspecified atom stereocenters. The van der Waals surface area contributed by atoms with Gasteiger partial charge in [-0.05, 0) is 44.2 Å². The number of aryl methyl sites for hydroxylation is 2. The molecule has 1 saturated heterocycles. The first kappa shape index (κ1) is 22.0. The van der Waals surface area contributed by atoms with E-state index in [9.17, 15) is 9.59 Å². The SMILES string of the molecule is Cc1nccn1CCC(=O)N1CCC[C@H](CCC(=O)N(C)CCc2ccccn2)C1. The summed E-state index contributed by atoms with van der Waals surface area (Å²) in [6, 6.07) is 5.85. The summed E-state index contributed by atoms with van der Waals surface area (Å²) in [7, 11) is 1.86. The fourth-order valence-electron chi connectivity index (χ4n) is 4.01. The second-order valence-electron chi connectivity index (χ2n) is 8.19. The zero-order chi connectivity index (χ0) is 21.3. The Bertz CT molecular complexity index is 820. The third kappa shape index (κ3) is 6.40. The number of imidazole rings is 1. The summed E-state index contributed by atoms with van der Waals surface area (Å²) >= 11 is 0.